The number of nitrogens with zero attached hydrogens (tertiary/aromatic N) is 3. The molecule has 2 amide bonds. The van der Waals surface area contributed by atoms with Crippen molar-refractivity contribution in [1.29, 1.82) is 0 Å². The van der Waals surface area contributed by atoms with Crippen molar-refractivity contribution in [2.45, 2.75) is 89.5 Å². The van der Waals surface area contributed by atoms with Gasteiger partial charge < -0.3 is 24.4 Å². The van der Waals surface area contributed by atoms with Crippen molar-refractivity contribution in [2.24, 2.45) is 11.3 Å². The number of hydrogen-bond acceptors (Lipinski definition) is 8. The summed E-state index contributed by atoms with van der Waals surface area (Å²) in [6.45, 7) is 6.89. The number of rotatable bonds is 1. The number of alkyl halides is 2. The Kier molecular flexibility index (Phi) is 8.67. The summed E-state index contributed by atoms with van der Waals surface area (Å²) in [4.78, 5) is 50.5. The van der Waals surface area contributed by atoms with Crippen LogP contribution in [-0.2, 0) is 29.8 Å². The number of ether oxygens (including phenoxy) is 3. The van der Waals surface area contributed by atoms with Crippen molar-refractivity contribution < 1.29 is 37.4 Å². The number of esters is 1. The lowest BCUT2D eigenvalue weighted by Crippen LogP contribution is -2.57. The van der Waals surface area contributed by atoms with Crippen LogP contribution in [0, 0.1) is 11.3 Å². The van der Waals surface area contributed by atoms with E-state index in [0.717, 1.165) is 18.9 Å². The van der Waals surface area contributed by atoms with E-state index in [2.05, 4.69) is 15.3 Å². The number of aromatic nitrogens is 2. The molecule has 0 radical (unpaired) electrons. The molecule has 44 heavy (non-hydrogen) atoms. The molecule has 2 fully saturated rings. The smallest absolute Gasteiger partial charge is 0.328 e. The molecular weight excluding hydrogens is 574 g/mol. The molecule has 1 saturated heterocycles. The Morgan fingerprint density at radius 2 is 1.84 bits per heavy atom. The van der Waals surface area contributed by atoms with Crippen LogP contribution in [0.1, 0.15) is 65.5 Å². The standard InChI is InChI=1S/C32H40F2N4O6/c1-30(2,3)26-28(40)38-18-31(4,17-22(38)29(41)42-5)44-27-25(35-20-11-6-7-12-21(20)36-27)32(33,34)14-9-15-43-23-13-8-10-19(23)16-24(39)37-26/h6-7,9,11-12,14,19,22-23,26H,8,10,13,15-18H2,1-5H3,(H,37,39)/b14-9+/t19-,22-,23+,26+,31+/m0/s1. The highest BCUT2D eigenvalue weighted by molar-refractivity contribution is 5.92. The third kappa shape index (κ3) is 6.55. The second-order valence-electron chi connectivity index (χ2n) is 13.3. The number of amides is 2. The van der Waals surface area contributed by atoms with Gasteiger partial charge in [0.05, 0.1) is 37.4 Å². The van der Waals surface area contributed by atoms with Crippen LogP contribution in [0.3, 0.4) is 0 Å². The van der Waals surface area contributed by atoms with Gasteiger partial charge in [0.15, 0.2) is 5.69 Å². The topological polar surface area (TPSA) is 120 Å². The summed E-state index contributed by atoms with van der Waals surface area (Å²) >= 11 is 0. The van der Waals surface area contributed by atoms with Crippen molar-refractivity contribution in [3.63, 3.8) is 0 Å². The number of carbonyl (C=O) groups excluding carboxylic acids is 3. The van der Waals surface area contributed by atoms with Crippen LogP contribution in [-0.4, -0.2) is 76.7 Å². The Morgan fingerprint density at radius 3 is 2.52 bits per heavy atom. The van der Waals surface area contributed by atoms with Crippen LogP contribution in [0.25, 0.3) is 11.0 Å². The van der Waals surface area contributed by atoms with Gasteiger partial charge in [0.1, 0.15) is 17.7 Å². The van der Waals surface area contributed by atoms with E-state index in [9.17, 15) is 14.4 Å². The maximum atomic E-state index is 15.8. The average Bonchev–Trinajstić information content (AvgIpc) is 3.55. The average molecular weight is 615 g/mol. The van der Waals surface area contributed by atoms with E-state index in [1.165, 1.54) is 18.1 Å². The van der Waals surface area contributed by atoms with Gasteiger partial charge in [-0.3, -0.25) is 9.59 Å². The zero-order valence-corrected chi connectivity index (χ0v) is 25.8. The Hall–Kier alpha value is -3.67. The summed E-state index contributed by atoms with van der Waals surface area (Å²) in [6.07, 6.45) is 4.04. The van der Waals surface area contributed by atoms with Gasteiger partial charge in [-0.1, -0.05) is 45.4 Å². The third-order valence-corrected chi connectivity index (χ3v) is 8.65. The van der Waals surface area contributed by atoms with E-state index in [-0.39, 0.29) is 49.4 Å². The van der Waals surface area contributed by atoms with Gasteiger partial charge in [0.2, 0.25) is 17.7 Å². The fourth-order valence-electron chi connectivity index (χ4n) is 6.39. The van der Waals surface area contributed by atoms with Crippen LogP contribution < -0.4 is 10.1 Å². The van der Waals surface area contributed by atoms with E-state index in [1.54, 1.807) is 31.2 Å². The molecule has 2 aromatic rings. The molecular formula is C32H40F2N4O6. The summed E-state index contributed by atoms with van der Waals surface area (Å²) in [5, 5.41) is 2.93. The highest BCUT2D eigenvalue weighted by atomic mass is 19.3. The van der Waals surface area contributed by atoms with Gasteiger partial charge in [-0.05, 0) is 49.3 Å². The van der Waals surface area contributed by atoms with Crippen LogP contribution in [0.2, 0.25) is 0 Å². The van der Waals surface area contributed by atoms with Gasteiger partial charge in [-0.15, -0.1) is 0 Å². The van der Waals surface area contributed by atoms with Crippen LogP contribution >= 0.6 is 0 Å². The van der Waals surface area contributed by atoms with Crippen LogP contribution in [0.15, 0.2) is 36.4 Å². The quantitative estimate of drug-likeness (QED) is 0.373. The maximum Gasteiger partial charge on any atom is 0.328 e. The second-order valence-corrected chi connectivity index (χ2v) is 13.3. The van der Waals surface area contributed by atoms with E-state index in [0.29, 0.717) is 11.9 Å². The highest BCUT2D eigenvalue weighted by Gasteiger charge is 2.52. The first-order chi connectivity index (χ1) is 20.7. The molecule has 1 N–H and O–H groups in total. The molecule has 2 aliphatic heterocycles. The Balaban J connectivity index is 1.60. The minimum Gasteiger partial charge on any atom is -0.468 e. The molecule has 1 aromatic heterocycles. The fraction of sp³-hybridized carbons (Fsp3) is 0.594. The largest absolute Gasteiger partial charge is 0.468 e. The zero-order valence-electron chi connectivity index (χ0n) is 25.8. The number of benzene rings is 1. The minimum atomic E-state index is -3.58. The van der Waals surface area contributed by atoms with Crippen molar-refractivity contribution >= 4 is 28.8 Å². The fourth-order valence-corrected chi connectivity index (χ4v) is 6.39. The number of para-hydroxylation sites is 2. The number of methoxy groups -OCH3 is 1. The number of carbonyl (C=O) groups is 3. The molecule has 5 atom stereocenters. The summed E-state index contributed by atoms with van der Waals surface area (Å²) in [5.41, 5.74) is -2.12. The first-order valence-electron chi connectivity index (χ1n) is 15.0. The van der Waals surface area contributed by atoms with Gasteiger partial charge in [-0.2, -0.15) is 8.78 Å². The molecule has 3 heterocycles. The number of allylic oxidation sites excluding steroid dienone is 1. The molecule has 238 valence electrons. The van der Waals surface area contributed by atoms with Crippen molar-refractivity contribution in [1.82, 2.24) is 20.2 Å². The normalized spacial score (nSPS) is 30.4. The predicted molar refractivity (Wildman–Crippen MR) is 157 cm³/mol. The maximum absolute atomic E-state index is 15.8. The second kappa shape index (κ2) is 12.0. The molecule has 0 unspecified atom stereocenters. The van der Waals surface area contributed by atoms with Crippen LogP contribution in [0.5, 0.6) is 5.88 Å². The Bertz CT molecular complexity index is 1460. The molecule has 0 spiro atoms. The number of halogens is 2. The van der Waals surface area contributed by atoms with E-state index in [4.69, 9.17) is 14.2 Å². The molecule has 1 saturated carbocycles. The van der Waals surface area contributed by atoms with Gasteiger partial charge >= 0.3 is 11.9 Å². The van der Waals surface area contributed by atoms with Gasteiger partial charge in [-0.25, -0.2) is 14.8 Å². The van der Waals surface area contributed by atoms with E-state index in [1.807, 2.05) is 20.8 Å². The lowest BCUT2D eigenvalue weighted by atomic mass is 9.85. The first kappa shape index (κ1) is 31.7. The Labute approximate surface area is 255 Å². The minimum absolute atomic E-state index is 0.0524. The summed E-state index contributed by atoms with van der Waals surface area (Å²) in [6, 6.07) is 4.56. The molecule has 5 rings (SSSR count). The third-order valence-electron chi connectivity index (χ3n) is 8.65. The monoisotopic (exact) mass is 614 g/mol. The summed E-state index contributed by atoms with van der Waals surface area (Å²) in [5.74, 6) is -5.60. The summed E-state index contributed by atoms with van der Waals surface area (Å²) < 4.78 is 48.9. The molecule has 1 aliphatic carbocycles. The zero-order chi connectivity index (χ0) is 31.9. The molecule has 10 nitrogen and oxygen atoms in total. The number of nitrogens with one attached hydrogen (secondary N) is 1. The van der Waals surface area contributed by atoms with E-state index >= 15 is 8.78 Å². The van der Waals surface area contributed by atoms with Gasteiger partial charge in [0.25, 0.3) is 0 Å². The predicted octanol–water partition coefficient (Wildman–Crippen LogP) is 4.31. The van der Waals surface area contributed by atoms with Crippen molar-refractivity contribution in [3.05, 3.63) is 42.1 Å². The lowest BCUT2D eigenvalue weighted by molar-refractivity contribution is -0.153. The van der Waals surface area contributed by atoms with Crippen molar-refractivity contribution in [2.75, 3.05) is 20.3 Å². The van der Waals surface area contributed by atoms with Crippen LogP contribution in [0.4, 0.5) is 8.78 Å². The van der Waals surface area contributed by atoms with Crippen molar-refractivity contribution in [3.8, 4) is 5.88 Å². The van der Waals surface area contributed by atoms with Gasteiger partial charge in [0, 0.05) is 12.8 Å². The number of fused-ring (bicyclic) bond motifs is 5. The SMILES string of the molecule is COC(=O)[C@@H]1C[C@]2(C)CN1C(=O)[C@H](C(C)(C)C)NC(=O)C[C@@H]1CCC[C@H]1OC/C=C/C(F)(F)c1nc3ccccc3nc1O2. The Morgan fingerprint density at radius 1 is 1.14 bits per heavy atom. The first-order valence-corrected chi connectivity index (χ1v) is 15.0. The summed E-state index contributed by atoms with van der Waals surface area (Å²) in [7, 11) is 1.21. The molecule has 12 heteroatoms. The highest BCUT2D eigenvalue weighted by Crippen LogP contribution is 2.40. The lowest BCUT2D eigenvalue weighted by Gasteiger charge is -2.35. The molecule has 1 aromatic carbocycles. The molecule has 2 bridgehead atoms. The molecule has 3 aliphatic rings. The van der Waals surface area contributed by atoms with E-state index < -0.39 is 52.5 Å². The number of hydrogen-bond donors (Lipinski definition) is 1.